The van der Waals surface area contributed by atoms with Crippen molar-refractivity contribution in [3.05, 3.63) is 72.1 Å². The van der Waals surface area contributed by atoms with E-state index in [4.69, 9.17) is 10.7 Å². The maximum Gasteiger partial charge on any atom is 0.250 e. The molecule has 5 rings (SSSR count). The number of anilines is 3. The van der Waals surface area contributed by atoms with E-state index >= 15 is 0 Å². The number of amides is 1. The van der Waals surface area contributed by atoms with Crippen LogP contribution < -0.4 is 16.0 Å². The summed E-state index contributed by atoms with van der Waals surface area (Å²) in [5.41, 5.74) is 10.0. The van der Waals surface area contributed by atoms with E-state index in [1.807, 2.05) is 35.8 Å². The molecule has 0 bridgehead atoms. The standard InChI is InChI=1S/C25H26N6O/c1-17-15-27-25(28-18-9-11-19(12-10-18)30-13-5-2-6-14-30)29-24(17)31-16-21(23(26)32)20-7-3-4-8-22(20)31/h3-4,7-12,15-16H,2,5-6,13-14H2,1H3,(H2,26,32)(H,27,28,29). The van der Waals surface area contributed by atoms with Crippen LogP contribution >= 0.6 is 0 Å². The van der Waals surface area contributed by atoms with E-state index < -0.39 is 5.91 Å². The van der Waals surface area contributed by atoms with Crippen LogP contribution in [0.3, 0.4) is 0 Å². The smallest absolute Gasteiger partial charge is 0.250 e. The lowest BCUT2D eigenvalue weighted by atomic mass is 10.1. The number of primary amides is 1. The Morgan fingerprint density at radius 2 is 1.78 bits per heavy atom. The van der Waals surface area contributed by atoms with E-state index in [1.165, 1.54) is 24.9 Å². The summed E-state index contributed by atoms with van der Waals surface area (Å²) < 4.78 is 1.90. The third kappa shape index (κ3) is 3.77. The van der Waals surface area contributed by atoms with Gasteiger partial charge in [0.2, 0.25) is 5.95 Å². The summed E-state index contributed by atoms with van der Waals surface area (Å²) in [6.45, 7) is 4.19. The van der Waals surface area contributed by atoms with Gasteiger partial charge in [0, 0.05) is 47.8 Å². The Kier molecular flexibility index (Phi) is 5.23. The van der Waals surface area contributed by atoms with Crippen molar-refractivity contribution in [2.24, 2.45) is 5.73 Å². The van der Waals surface area contributed by atoms with Gasteiger partial charge in [-0.15, -0.1) is 0 Å². The fourth-order valence-electron chi connectivity index (χ4n) is 4.33. The van der Waals surface area contributed by atoms with Gasteiger partial charge in [0.15, 0.2) is 0 Å². The van der Waals surface area contributed by atoms with Gasteiger partial charge in [-0.3, -0.25) is 4.79 Å². The number of nitrogens with one attached hydrogen (secondary N) is 1. The molecule has 3 heterocycles. The number of aryl methyl sites for hydroxylation is 1. The van der Waals surface area contributed by atoms with Gasteiger partial charge in [-0.1, -0.05) is 18.2 Å². The third-order valence-electron chi connectivity index (χ3n) is 6.00. The lowest BCUT2D eigenvalue weighted by Crippen LogP contribution is -2.29. The molecule has 0 aliphatic carbocycles. The van der Waals surface area contributed by atoms with Gasteiger partial charge >= 0.3 is 0 Å². The SMILES string of the molecule is Cc1cnc(Nc2ccc(N3CCCCC3)cc2)nc1-n1cc(C(N)=O)c2ccccc21. The Bertz CT molecular complexity index is 1270. The number of aromatic nitrogens is 3. The number of fused-ring (bicyclic) bond motifs is 1. The molecule has 7 heteroatoms. The van der Waals surface area contributed by atoms with Crippen LogP contribution in [0.4, 0.5) is 17.3 Å². The zero-order chi connectivity index (χ0) is 22.1. The van der Waals surface area contributed by atoms with Crippen LogP contribution in [0, 0.1) is 6.92 Å². The Morgan fingerprint density at radius 1 is 1.03 bits per heavy atom. The predicted octanol–water partition coefficient (Wildman–Crippen LogP) is 4.56. The number of nitrogens with two attached hydrogens (primary N) is 1. The zero-order valence-corrected chi connectivity index (χ0v) is 18.1. The monoisotopic (exact) mass is 426 g/mol. The molecule has 0 unspecified atom stereocenters. The van der Waals surface area contributed by atoms with Crippen LogP contribution in [-0.4, -0.2) is 33.5 Å². The van der Waals surface area contributed by atoms with Crippen LogP contribution in [0.2, 0.25) is 0 Å². The molecule has 2 aromatic heterocycles. The summed E-state index contributed by atoms with van der Waals surface area (Å²) in [4.78, 5) is 23.6. The number of hydrogen-bond acceptors (Lipinski definition) is 5. The van der Waals surface area contributed by atoms with Gasteiger partial charge in [0.1, 0.15) is 5.82 Å². The van der Waals surface area contributed by atoms with E-state index in [0.717, 1.165) is 35.2 Å². The van der Waals surface area contributed by atoms with Crippen molar-refractivity contribution < 1.29 is 4.79 Å². The first-order valence-electron chi connectivity index (χ1n) is 11.0. The first kappa shape index (κ1) is 20.1. The van der Waals surface area contributed by atoms with E-state index in [1.54, 1.807) is 12.4 Å². The second-order valence-corrected chi connectivity index (χ2v) is 8.21. The summed E-state index contributed by atoms with van der Waals surface area (Å²) in [7, 11) is 0. The second-order valence-electron chi connectivity index (χ2n) is 8.21. The zero-order valence-electron chi connectivity index (χ0n) is 18.1. The first-order chi connectivity index (χ1) is 15.6. The Morgan fingerprint density at radius 3 is 2.53 bits per heavy atom. The quantitative estimate of drug-likeness (QED) is 0.488. The maximum atomic E-state index is 12.0. The van der Waals surface area contributed by atoms with Gasteiger partial charge in [0.25, 0.3) is 5.91 Å². The third-order valence-corrected chi connectivity index (χ3v) is 6.00. The highest BCUT2D eigenvalue weighted by molar-refractivity contribution is 6.06. The molecule has 4 aromatic rings. The van der Waals surface area contributed by atoms with Crippen LogP contribution in [0.25, 0.3) is 16.7 Å². The van der Waals surface area contributed by atoms with Crippen molar-refractivity contribution >= 4 is 34.1 Å². The van der Waals surface area contributed by atoms with Crippen molar-refractivity contribution in [2.75, 3.05) is 23.3 Å². The molecule has 1 fully saturated rings. The average Bonchev–Trinajstić information content (AvgIpc) is 3.21. The molecule has 0 saturated carbocycles. The van der Waals surface area contributed by atoms with Crippen molar-refractivity contribution in [1.29, 1.82) is 0 Å². The van der Waals surface area contributed by atoms with Gasteiger partial charge in [-0.2, -0.15) is 4.98 Å². The topological polar surface area (TPSA) is 89.1 Å². The molecular weight excluding hydrogens is 400 g/mol. The number of carbonyl (C=O) groups is 1. The molecule has 1 amide bonds. The normalized spacial score (nSPS) is 14.0. The molecule has 1 aliphatic rings. The highest BCUT2D eigenvalue weighted by atomic mass is 16.1. The molecule has 162 valence electrons. The van der Waals surface area contributed by atoms with E-state index in [2.05, 4.69) is 39.5 Å². The Hall–Kier alpha value is -3.87. The molecule has 7 nitrogen and oxygen atoms in total. The molecule has 0 radical (unpaired) electrons. The number of nitrogens with zero attached hydrogens (tertiary/aromatic N) is 4. The van der Waals surface area contributed by atoms with E-state index in [0.29, 0.717) is 17.3 Å². The highest BCUT2D eigenvalue weighted by Gasteiger charge is 2.16. The van der Waals surface area contributed by atoms with Crippen molar-refractivity contribution in [3.63, 3.8) is 0 Å². The van der Waals surface area contributed by atoms with Crippen LogP contribution in [0.5, 0.6) is 0 Å². The molecule has 1 aliphatic heterocycles. The summed E-state index contributed by atoms with van der Waals surface area (Å²) in [6.07, 6.45) is 7.36. The summed E-state index contributed by atoms with van der Waals surface area (Å²) in [6, 6.07) is 16.1. The van der Waals surface area contributed by atoms with Crippen molar-refractivity contribution in [1.82, 2.24) is 14.5 Å². The summed E-state index contributed by atoms with van der Waals surface area (Å²) in [5, 5.41) is 4.11. The largest absolute Gasteiger partial charge is 0.372 e. The van der Waals surface area contributed by atoms with Gasteiger partial charge in [0.05, 0.1) is 11.1 Å². The maximum absolute atomic E-state index is 12.0. The molecule has 0 atom stereocenters. The number of piperidine rings is 1. The fraction of sp³-hybridized carbons (Fsp3) is 0.240. The van der Waals surface area contributed by atoms with E-state index in [9.17, 15) is 4.79 Å². The van der Waals surface area contributed by atoms with Crippen LogP contribution in [-0.2, 0) is 0 Å². The minimum atomic E-state index is -0.459. The molecule has 1 saturated heterocycles. The predicted molar refractivity (Wildman–Crippen MR) is 128 cm³/mol. The van der Waals surface area contributed by atoms with Gasteiger partial charge in [-0.05, 0) is 56.5 Å². The number of benzene rings is 2. The fourth-order valence-corrected chi connectivity index (χ4v) is 4.33. The van der Waals surface area contributed by atoms with E-state index in [-0.39, 0.29) is 0 Å². The van der Waals surface area contributed by atoms with Crippen molar-refractivity contribution in [3.8, 4) is 5.82 Å². The molecule has 2 aromatic carbocycles. The first-order valence-corrected chi connectivity index (χ1v) is 11.0. The number of hydrogen-bond donors (Lipinski definition) is 2. The highest BCUT2D eigenvalue weighted by Crippen LogP contribution is 2.27. The molecule has 0 spiro atoms. The number of carbonyl (C=O) groups excluding carboxylic acids is 1. The molecule has 32 heavy (non-hydrogen) atoms. The second kappa shape index (κ2) is 8.34. The van der Waals surface area contributed by atoms with Crippen LogP contribution in [0.1, 0.15) is 35.2 Å². The Balaban J connectivity index is 1.45. The Labute approximate surface area is 186 Å². The lowest BCUT2D eigenvalue weighted by Gasteiger charge is -2.28. The summed E-state index contributed by atoms with van der Waals surface area (Å²) >= 11 is 0. The minimum absolute atomic E-state index is 0.459. The van der Waals surface area contributed by atoms with Gasteiger partial charge < -0.3 is 20.5 Å². The molecular formula is C25H26N6O. The summed E-state index contributed by atoms with van der Waals surface area (Å²) in [5.74, 6) is 0.740. The van der Waals surface area contributed by atoms with Gasteiger partial charge in [-0.25, -0.2) is 4.98 Å². The molecule has 3 N–H and O–H groups in total. The van der Waals surface area contributed by atoms with Crippen molar-refractivity contribution in [2.45, 2.75) is 26.2 Å². The number of rotatable bonds is 5. The lowest BCUT2D eigenvalue weighted by molar-refractivity contribution is 0.100. The average molecular weight is 427 g/mol. The number of para-hydroxylation sites is 1. The minimum Gasteiger partial charge on any atom is -0.372 e. The van der Waals surface area contributed by atoms with Crippen LogP contribution in [0.15, 0.2) is 60.9 Å².